The lowest BCUT2D eigenvalue weighted by atomic mass is 10.0. The molecule has 7 N–H and O–H groups in total. The van der Waals surface area contributed by atoms with Gasteiger partial charge in [0.15, 0.2) is 5.78 Å². The number of carbonyl (C=O) groups excluding carboxylic acids is 5. The van der Waals surface area contributed by atoms with Crippen LogP contribution in [0.3, 0.4) is 0 Å². The summed E-state index contributed by atoms with van der Waals surface area (Å²) in [6.45, 7) is 4.07. The molecular weight excluding hydrogens is 520 g/mol. The Bertz CT molecular complexity index is 893. The maximum Gasteiger partial charge on any atom is 0.305 e. The van der Waals surface area contributed by atoms with Crippen molar-refractivity contribution in [3.8, 4) is 0 Å². The molecule has 0 aliphatic rings. The summed E-state index contributed by atoms with van der Waals surface area (Å²) in [5.74, 6) is -9.86. The number of carboxylic acids is 3. The van der Waals surface area contributed by atoms with E-state index in [1.54, 1.807) is 0 Å². The molecule has 16 heteroatoms. The number of carboxylic acid groups (broad SMARTS) is 3. The van der Waals surface area contributed by atoms with E-state index in [0.29, 0.717) is 0 Å². The molecule has 4 atom stereocenters. The first-order chi connectivity index (χ1) is 17.1. The molecular formula is C21H31ClN4O11. The van der Waals surface area contributed by atoms with E-state index in [1.165, 1.54) is 13.8 Å². The Morgan fingerprint density at radius 1 is 0.676 bits per heavy atom. The molecule has 0 rings (SSSR count). The zero-order chi connectivity index (χ0) is 28.9. The Labute approximate surface area is 216 Å². The number of rotatable bonds is 17. The van der Waals surface area contributed by atoms with Gasteiger partial charge in [0.1, 0.15) is 18.1 Å². The molecule has 4 amide bonds. The predicted octanol–water partition coefficient (Wildman–Crippen LogP) is -1.78. The highest BCUT2D eigenvalue weighted by Crippen LogP contribution is 2.08. The molecule has 0 aliphatic heterocycles. The number of halogens is 1. The van der Waals surface area contributed by atoms with Crippen molar-refractivity contribution in [3.05, 3.63) is 0 Å². The van der Waals surface area contributed by atoms with Crippen LogP contribution in [0, 0.1) is 5.92 Å². The highest BCUT2D eigenvalue weighted by atomic mass is 35.5. The summed E-state index contributed by atoms with van der Waals surface area (Å²) in [5, 5.41) is 35.8. The van der Waals surface area contributed by atoms with Crippen molar-refractivity contribution < 1.29 is 53.7 Å². The highest BCUT2D eigenvalue weighted by molar-refractivity contribution is 6.28. The molecule has 0 heterocycles. The van der Waals surface area contributed by atoms with Crippen LogP contribution < -0.4 is 21.3 Å². The van der Waals surface area contributed by atoms with E-state index >= 15 is 0 Å². The van der Waals surface area contributed by atoms with Crippen molar-refractivity contribution in [1.82, 2.24) is 21.3 Å². The van der Waals surface area contributed by atoms with Crippen LogP contribution in [-0.2, 0) is 38.4 Å². The van der Waals surface area contributed by atoms with Gasteiger partial charge in [0, 0.05) is 13.3 Å². The van der Waals surface area contributed by atoms with Gasteiger partial charge in [-0.2, -0.15) is 0 Å². The molecule has 0 aromatic heterocycles. The fraction of sp³-hybridized carbons (Fsp3) is 0.619. The monoisotopic (exact) mass is 550 g/mol. The predicted molar refractivity (Wildman–Crippen MR) is 125 cm³/mol. The number of Topliss-reactive ketones (excluding diaryl/α,β-unsaturated/α-hetero) is 1. The first kappa shape index (κ1) is 33.2. The van der Waals surface area contributed by atoms with Crippen LogP contribution in [0.1, 0.15) is 46.5 Å². The molecule has 0 saturated carbocycles. The number of amides is 4. The summed E-state index contributed by atoms with van der Waals surface area (Å²) < 4.78 is 0. The number of hydrogen-bond acceptors (Lipinski definition) is 8. The first-order valence-corrected chi connectivity index (χ1v) is 11.5. The van der Waals surface area contributed by atoms with Crippen molar-refractivity contribution in [3.63, 3.8) is 0 Å². The molecule has 0 aromatic rings. The number of carbonyl (C=O) groups is 8. The zero-order valence-corrected chi connectivity index (χ0v) is 21.2. The lowest BCUT2D eigenvalue weighted by Crippen LogP contribution is -2.59. The summed E-state index contributed by atoms with van der Waals surface area (Å²) >= 11 is 5.46. The second-order valence-electron chi connectivity index (χ2n) is 8.33. The van der Waals surface area contributed by atoms with E-state index in [9.17, 15) is 38.4 Å². The first-order valence-electron chi connectivity index (χ1n) is 11.0. The van der Waals surface area contributed by atoms with E-state index in [4.69, 9.17) is 26.9 Å². The maximum absolute atomic E-state index is 12.9. The van der Waals surface area contributed by atoms with Gasteiger partial charge in [-0.05, 0) is 12.3 Å². The summed E-state index contributed by atoms with van der Waals surface area (Å²) in [7, 11) is 0. The summed E-state index contributed by atoms with van der Waals surface area (Å²) in [4.78, 5) is 94.7. The van der Waals surface area contributed by atoms with Crippen LogP contribution in [0.15, 0.2) is 0 Å². The molecule has 37 heavy (non-hydrogen) atoms. The van der Waals surface area contributed by atoms with Crippen LogP contribution in [0.2, 0.25) is 0 Å². The molecule has 0 aliphatic carbocycles. The lowest BCUT2D eigenvalue weighted by Gasteiger charge is -2.27. The second kappa shape index (κ2) is 16.1. The Hall–Kier alpha value is -3.75. The molecule has 15 nitrogen and oxygen atoms in total. The van der Waals surface area contributed by atoms with Crippen molar-refractivity contribution >= 4 is 58.9 Å². The standard InChI is InChI=1S/C21H31ClN4O11/c1-9(2)18(21(37)25-12(6-16(31)32)14(28)8-22)26-19(35)11(4-5-15(29)30)24-20(36)13(7-17(33)34)23-10(3)27/h9,11-13,18H,4-8H2,1-3H3,(H,23,27)(H,24,36)(H,25,37)(H,26,35)(H,29,30)(H,31,32)(H,33,34)/t11-,12-,13-,18-/m0/s1. The number of nitrogens with one attached hydrogen (secondary N) is 4. The summed E-state index contributed by atoms with van der Waals surface area (Å²) in [5.41, 5.74) is 0. The fourth-order valence-electron chi connectivity index (χ4n) is 3.00. The van der Waals surface area contributed by atoms with Crippen molar-refractivity contribution in [2.24, 2.45) is 5.92 Å². The van der Waals surface area contributed by atoms with Gasteiger partial charge in [0.2, 0.25) is 23.6 Å². The minimum atomic E-state index is -1.57. The quantitative estimate of drug-likeness (QED) is 0.0997. The van der Waals surface area contributed by atoms with Gasteiger partial charge in [0.05, 0.1) is 24.8 Å². The SMILES string of the molecule is CC(=O)N[C@@H](CC(=O)O)C(=O)N[C@@H](CCC(=O)O)C(=O)N[C@H](C(=O)N[C@@H](CC(=O)O)C(=O)CCl)C(C)C. The molecule has 0 fully saturated rings. The number of aliphatic carboxylic acids is 3. The van der Waals surface area contributed by atoms with E-state index in [1.807, 2.05) is 0 Å². The molecule has 0 spiro atoms. The van der Waals surface area contributed by atoms with Crippen molar-refractivity contribution in [2.45, 2.75) is 70.6 Å². The minimum absolute atomic E-state index is 0.453. The van der Waals surface area contributed by atoms with Crippen LogP contribution >= 0.6 is 11.6 Å². The van der Waals surface area contributed by atoms with E-state index < -0.39 is 109 Å². The van der Waals surface area contributed by atoms with Crippen LogP contribution in [-0.4, -0.2) is 92.7 Å². The van der Waals surface area contributed by atoms with Crippen molar-refractivity contribution in [1.29, 1.82) is 0 Å². The van der Waals surface area contributed by atoms with Gasteiger partial charge in [-0.15, -0.1) is 11.6 Å². The van der Waals surface area contributed by atoms with Crippen LogP contribution in [0.25, 0.3) is 0 Å². The van der Waals surface area contributed by atoms with Crippen molar-refractivity contribution in [2.75, 3.05) is 5.88 Å². The smallest absolute Gasteiger partial charge is 0.305 e. The van der Waals surface area contributed by atoms with Gasteiger partial charge >= 0.3 is 17.9 Å². The zero-order valence-electron chi connectivity index (χ0n) is 20.4. The Balaban J connectivity index is 5.79. The normalized spacial score (nSPS) is 13.9. The molecule has 0 aromatic carbocycles. The summed E-state index contributed by atoms with van der Waals surface area (Å²) in [6.07, 6.45) is -2.63. The van der Waals surface area contributed by atoms with Gasteiger partial charge in [-0.3, -0.25) is 38.4 Å². The third kappa shape index (κ3) is 13.2. The lowest BCUT2D eigenvalue weighted by molar-refractivity contribution is -0.142. The highest BCUT2D eigenvalue weighted by Gasteiger charge is 2.33. The average Bonchev–Trinajstić information content (AvgIpc) is 2.76. The van der Waals surface area contributed by atoms with Crippen LogP contribution in [0.4, 0.5) is 0 Å². The molecule has 0 unspecified atom stereocenters. The Morgan fingerprint density at radius 3 is 1.59 bits per heavy atom. The number of hydrogen-bond donors (Lipinski definition) is 7. The minimum Gasteiger partial charge on any atom is -0.481 e. The van der Waals surface area contributed by atoms with Gasteiger partial charge in [0.25, 0.3) is 0 Å². The Morgan fingerprint density at radius 2 is 1.16 bits per heavy atom. The molecule has 0 bridgehead atoms. The van der Waals surface area contributed by atoms with E-state index in [2.05, 4.69) is 21.3 Å². The Kier molecular flexibility index (Phi) is 14.5. The van der Waals surface area contributed by atoms with Gasteiger partial charge in [-0.1, -0.05) is 13.8 Å². The summed E-state index contributed by atoms with van der Waals surface area (Å²) in [6, 6.07) is -5.95. The van der Waals surface area contributed by atoms with E-state index in [0.717, 1.165) is 6.92 Å². The topological polar surface area (TPSA) is 245 Å². The second-order valence-corrected chi connectivity index (χ2v) is 8.60. The fourth-order valence-corrected chi connectivity index (χ4v) is 3.19. The largest absolute Gasteiger partial charge is 0.481 e. The molecule has 0 radical (unpaired) electrons. The third-order valence-corrected chi connectivity index (χ3v) is 5.08. The average molecular weight is 551 g/mol. The van der Waals surface area contributed by atoms with Crippen LogP contribution in [0.5, 0.6) is 0 Å². The number of alkyl halides is 1. The maximum atomic E-state index is 12.9. The van der Waals surface area contributed by atoms with Gasteiger partial charge < -0.3 is 36.6 Å². The number of ketones is 1. The third-order valence-electron chi connectivity index (χ3n) is 4.82. The van der Waals surface area contributed by atoms with Gasteiger partial charge in [-0.25, -0.2) is 0 Å². The molecule has 0 saturated heterocycles. The molecule has 208 valence electrons. The van der Waals surface area contributed by atoms with E-state index in [-0.39, 0.29) is 0 Å².